The molecule has 2 aromatic rings. The van der Waals surface area contributed by atoms with Gasteiger partial charge in [0, 0.05) is 15.6 Å². The fourth-order valence-corrected chi connectivity index (χ4v) is 2.76. The SMILES string of the molecule is CCCOc1ccc(C(=O)c2ccc(Cl)c(Br)c2)cc1Br. The van der Waals surface area contributed by atoms with E-state index in [9.17, 15) is 4.79 Å². The van der Waals surface area contributed by atoms with Crippen LogP contribution < -0.4 is 4.74 Å². The smallest absolute Gasteiger partial charge is 0.193 e. The number of ketones is 1. The van der Waals surface area contributed by atoms with E-state index in [4.69, 9.17) is 16.3 Å². The molecule has 110 valence electrons. The first-order valence-electron chi connectivity index (χ1n) is 6.45. The lowest BCUT2D eigenvalue weighted by atomic mass is 10.0. The molecule has 0 aliphatic carbocycles. The van der Waals surface area contributed by atoms with E-state index in [1.165, 1.54) is 0 Å². The highest BCUT2D eigenvalue weighted by Gasteiger charge is 2.13. The van der Waals surface area contributed by atoms with Gasteiger partial charge >= 0.3 is 0 Å². The van der Waals surface area contributed by atoms with Gasteiger partial charge in [-0.3, -0.25) is 4.79 Å². The molecular formula is C16H13Br2ClO2. The summed E-state index contributed by atoms with van der Waals surface area (Å²) in [4.78, 5) is 12.5. The van der Waals surface area contributed by atoms with E-state index in [2.05, 4.69) is 31.9 Å². The van der Waals surface area contributed by atoms with E-state index >= 15 is 0 Å². The second-order valence-corrected chi connectivity index (χ2v) is 6.57. The van der Waals surface area contributed by atoms with E-state index in [1.54, 1.807) is 36.4 Å². The normalized spacial score (nSPS) is 10.5. The van der Waals surface area contributed by atoms with Crippen LogP contribution in [0.15, 0.2) is 45.3 Å². The van der Waals surface area contributed by atoms with Crippen LogP contribution in [0.2, 0.25) is 5.02 Å². The fourth-order valence-electron chi connectivity index (χ4n) is 1.78. The minimum Gasteiger partial charge on any atom is -0.492 e. The van der Waals surface area contributed by atoms with Gasteiger partial charge in [0.2, 0.25) is 0 Å². The van der Waals surface area contributed by atoms with Crippen LogP contribution in [0.1, 0.15) is 29.3 Å². The number of ether oxygens (including phenoxy) is 1. The maximum atomic E-state index is 12.5. The minimum atomic E-state index is -0.0601. The van der Waals surface area contributed by atoms with Gasteiger partial charge in [-0.25, -0.2) is 0 Å². The predicted octanol–water partition coefficient (Wildman–Crippen LogP) is 5.88. The average Bonchev–Trinajstić information content (AvgIpc) is 2.48. The third-order valence-electron chi connectivity index (χ3n) is 2.84. The Morgan fingerprint density at radius 1 is 1.10 bits per heavy atom. The molecule has 2 nitrogen and oxygen atoms in total. The van der Waals surface area contributed by atoms with Crippen LogP contribution in [0, 0.1) is 0 Å². The molecule has 2 aromatic carbocycles. The van der Waals surface area contributed by atoms with Gasteiger partial charge in [-0.15, -0.1) is 0 Å². The van der Waals surface area contributed by atoms with Gasteiger partial charge in [-0.2, -0.15) is 0 Å². The first-order valence-corrected chi connectivity index (χ1v) is 8.41. The standard InChI is InChI=1S/C16H13Br2ClO2/c1-2-7-21-15-6-4-11(9-13(15)18)16(20)10-3-5-14(19)12(17)8-10/h3-6,8-9H,2,7H2,1H3. The number of carbonyl (C=O) groups is 1. The van der Waals surface area contributed by atoms with Crippen LogP contribution in [0.3, 0.4) is 0 Å². The van der Waals surface area contributed by atoms with E-state index in [1.807, 2.05) is 6.92 Å². The van der Waals surface area contributed by atoms with Crippen LogP contribution in [-0.4, -0.2) is 12.4 Å². The summed E-state index contributed by atoms with van der Waals surface area (Å²) in [5.41, 5.74) is 1.18. The lowest BCUT2D eigenvalue weighted by Crippen LogP contribution is -2.02. The van der Waals surface area contributed by atoms with E-state index < -0.39 is 0 Å². The van der Waals surface area contributed by atoms with Gasteiger partial charge in [-0.05, 0) is 74.7 Å². The zero-order valence-corrected chi connectivity index (χ0v) is 15.3. The highest BCUT2D eigenvalue weighted by atomic mass is 79.9. The highest BCUT2D eigenvalue weighted by Crippen LogP contribution is 2.28. The van der Waals surface area contributed by atoms with Crippen molar-refractivity contribution in [3.63, 3.8) is 0 Å². The van der Waals surface area contributed by atoms with Crippen molar-refractivity contribution >= 4 is 49.2 Å². The molecule has 0 heterocycles. The number of hydrogen-bond donors (Lipinski definition) is 0. The maximum absolute atomic E-state index is 12.5. The van der Waals surface area contributed by atoms with Crippen molar-refractivity contribution in [2.75, 3.05) is 6.61 Å². The topological polar surface area (TPSA) is 26.3 Å². The molecule has 0 spiro atoms. The Labute approximate surface area is 145 Å². The summed E-state index contributed by atoms with van der Waals surface area (Å²) in [6, 6.07) is 10.5. The minimum absolute atomic E-state index is 0.0601. The van der Waals surface area contributed by atoms with Crippen molar-refractivity contribution in [3.8, 4) is 5.75 Å². The zero-order chi connectivity index (χ0) is 15.4. The molecule has 2 rings (SSSR count). The molecule has 0 bridgehead atoms. The van der Waals surface area contributed by atoms with E-state index in [0.717, 1.165) is 16.6 Å². The van der Waals surface area contributed by atoms with Crippen LogP contribution in [0.4, 0.5) is 0 Å². The lowest BCUT2D eigenvalue weighted by molar-refractivity contribution is 0.103. The molecule has 0 aliphatic rings. The quantitative estimate of drug-likeness (QED) is 0.551. The molecule has 0 aliphatic heterocycles. The van der Waals surface area contributed by atoms with Crippen LogP contribution >= 0.6 is 43.5 Å². The molecule has 21 heavy (non-hydrogen) atoms. The first-order chi connectivity index (χ1) is 10.0. The number of rotatable bonds is 5. The largest absolute Gasteiger partial charge is 0.492 e. The molecule has 0 radical (unpaired) electrons. The molecule has 0 amide bonds. The van der Waals surface area contributed by atoms with E-state index in [0.29, 0.717) is 27.2 Å². The summed E-state index contributed by atoms with van der Waals surface area (Å²) in [6.45, 7) is 2.69. The second-order valence-electron chi connectivity index (χ2n) is 4.45. The summed E-state index contributed by atoms with van der Waals surface area (Å²) in [5, 5.41) is 0.580. The van der Waals surface area contributed by atoms with Crippen molar-refractivity contribution in [3.05, 3.63) is 61.5 Å². The van der Waals surface area contributed by atoms with Crippen LogP contribution in [0.5, 0.6) is 5.75 Å². The zero-order valence-electron chi connectivity index (χ0n) is 11.3. The number of halogens is 3. The Balaban J connectivity index is 2.27. The Hall–Kier alpha value is -0.840. The summed E-state index contributed by atoms with van der Waals surface area (Å²) in [7, 11) is 0. The average molecular weight is 433 g/mol. The van der Waals surface area contributed by atoms with Crippen molar-refractivity contribution < 1.29 is 9.53 Å². The Morgan fingerprint density at radius 3 is 2.29 bits per heavy atom. The Bertz CT molecular complexity index is 671. The third kappa shape index (κ3) is 4.09. The van der Waals surface area contributed by atoms with Gasteiger partial charge in [0.25, 0.3) is 0 Å². The van der Waals surface area contributed by atoms with Gasteiger partial charge in [-0.1, -0.05) is 18.5 Å². The van der Waals surface area contributed by atoms with Crippen LogP contribution in [-0.2, 0) is 0 Å². The molecule has 0 saturated heterocycles. The maximum Gasteiger partial charge on any atom is 0.193 e. The molecule has 0 saturated carbocycles. The second kappa shape index (κ2) is 7.43. The van der Waals surface area contributed by atoms with Crippen molar-refractivity contribution in [2.45, 2.75) is 13.3 Å². The Morgan fingerprint density at radius 2 is 1.71 bits per heavy atom. The van der Waals surface area contributed by atoms with Crippen LogP contribution in [0.25, 0.3) is 0 Å². The fraction of sp³-hybridized carbons (Fsp3) is 0.188. The number of hydrogen-bond acceptors (Lipinski definition) is 2. The lowest BCUT2D eigenvalue weighted by Gasteiger charge is -2.09. The predicted molar refractivity (Wildman–Crippen MR) is 92.5 cm³/mol. The monoisotopic (exact) mass is 430 g/mol. The number of benzene rings is 2. The van der Waals surface area contributed by atoms with Gasteiger partial charge < -0.3 is 4.74 Å². The van der Waals surface area contributed by atoms with Gasteiger partial charge in [0.15, 0.2) is 5.78 Å². The highest BCUT2D eigenvalue weighted by molar-refractivity contribution is 9.10. The molecule has 0 unspecified atom stereocenters. The summed E-state index contributed by atoms with van der Waals surface area (Å²) >= 11 is 12.7. The first kappa shape index (κ1) is 16.5. The molecule has 5 heteroatoms. The van der Waals surface area contributed by atoms with Gasteiger partial charge in [0.1, 0.15) is 5.75 Å². The van der Waals surface area contributed by atoms with E-state index in [-0.39, 0.29) is 5.78 Å². The molecular weight excluding hydrogens is 419 g/mol. The van der Waals surface area contributed by atoms with Crippen molar-refractivity contribution in [1.29, 1.82) is 0 Å². The molecule has 0 aromatic heterocycles. The molecule has 0 fully saturated rings. The number of carbonyl (C=O) groups excluding carboxylic acids is 1. The summed E-state index contributed by atoms with van der Waals surface area (Å²) in [6.07, 6.45) is 0.936. The Kier molecular flexibility index (Phi) is 5.85. The van der Waals surface area contributed by atoms with Crippen molar-refractivity contribution in [1.82, 2.24) is 0 Å². The summed E-state index contributed by atoms with van der Waals surface area (Å²) in [5.74, 6) is 0.681. The third-order valence-corrected chi connectivity index (χ3v) is 4.67. The van der Waals surface area contributed by atoms with Crippen molar-refractivity contribution in [2.24, 2.45) is 0 Å². The molecule has 0 atom stereocenters. The van der Waals surface area contributed by atoms with Gasteiger partial charge in [0.05, 0.1) is 16.1 Å². The summed E-state index contributed by atoms with van der Waals surface area (Å²) < 4.78 is 7.06. The molecule has 0 N–H and O–H groups in total.